The van der Waals surface area contributed by atoms with E-state index in [0.29, 0.717) is 0 Å². The second-order valence-corrected chi connectivity index (χ2v) is 3.06. The number of aromatic nitrogens is 2. The van der Waals surface area contributed by atoms with Crippen molar-refractivity contribution in [3.05, 3.63) is 39.5 Å². The third-order valence-electron chi connectivity index (χ3n) is 1.53. The predicted octanol–water partition coefficient (Wildman–Crippen LogP) is 2.42. The zero-order chi connectivity index (χ0) is 9.84. The molecule has 0 aromatic carbocycles. The summed E-state index contributed by atoms with van der Waals surface area (Å²) in [6, 6.07) is 3.70. The van der Waals surface area contributed by atoms with E-state index in [1.165, 1.54) is 0 Å². The van der Waals surface area contributed by atoms with Crippen molar-refractivity contribution in [2.75, 3.05) is 0 Å². The van der Waals surface area contributed by atoms with E-state index >= 15 is 0 Å². The van der Waals surface area contributed by atoms with Crippen LogP contribution in [0.4, 0.5) is 0 Å². The maximum atomic E-state index is 11.0. The number of hydrogen-bond donors (Lipinski definition) is 1. The summed E-state index contributed by atoms with van der Waals surface area (Å²) in [4.78, 5) is 13.6. The van der Waals surface area contributed by atoms with Crippen molar-refractivity contribution in [1.82, 2.24) is 9.38 Å². The largest absolute Gasteiger partial charge is 0.330 e. The highest BCUT2D eigenvalue weighted by Crippen LogP contribution is 2.14. The van der Waals surface area contributed by atoms with Crippen molar-refractivity contribution in [3.8, 4) is 0 Å². The van der Waals surface area contributed by atoms with Gasteiger partial charge in [0.1, 0.15) is 0 Å². The molecule has 0 radical (unpaired) electrons. The zero-order valence-electron chi connectivity index (χ0n) is 7.54. The lowest BCUT2D eigenvalue weighted by atomic mass is 10.4. The van der Waals surface area contributed by atoms with Crippen molar-refractivity contribution in [2.45, 2.75) is 13.8 Å². The van der Waals surface area contributed by atoms with Gasteiger partial charge in [0, 0.05) is 16.9 Å². The number of aromatic amines is 1. The molecule has 1 N–H and O–H groups in total. The first-order valence-electron chi connectivity index (χ1n) is 4.13. The van der Waals surface area contributed by atoms with Crippen LogP contribution in [-0.2, 0) is 0 Å². The van der Waals surface area contributed by atoms with Crippen molar-refractivity contribution < 1.29 is 0 Å². The summed E-state index contributed by atoms with van der Waals surface area (Å²) >= 11 is 3.33. The summed E-state index contributed by atoms with van der Waals surface area (Å²) in [6.07, 6.45) is 3.39. The quantitative estimate of drug-likeness (QED) is 0.757. The van der Waals surface area contributed by atoms with E-state index in [2.05, 4.69) is 20.9 Å². The van der Waals surface area contributed by atoms with Crippen LogP contribution in [-0.4, -0.2) is 9.38 Å². The van der Waals surface area contributed by atoms with Gasteiger partial charge in [-0.25, -0.2) is 4.79 Å². The van der Waals surface area contributed by atoms with Gasteiger partial charge in [0.15, 0.2) is 0 Å². The molecule has 2 rings (SSSR count). The van der Waals surface area contributed by atoms with Crippen LogP contribution in [0.5, 0.6) is 0 Å². The molecular formula is C9H11BrN2O. The van der Waals surface area contributed by atoms with Gasteiger partial charge >= 0.3 is 5.69 Å². The minimum Gasteiger partial charge on any atom is -0.312 e. The third-order valence-corrected chi connectivity index (χ3v) is 2.20. The lowest BCUT2D eigenvalue weighted by molar-refractivity contribution is 1.06. The Morgan fingerprint density at radius 1 is 1.46 bits per heavy atom. The fourth-order valence-electron chi connectivity index (χ4n) is 1.01. The van der Waals surface area contributed by atoms with E-state index in [0.717, 1.165) is 9.99 Å². The SMILES string of the molecule is CC.O=c1[nH]cc2c(Br)cccn12. The Morgan fingerprint density at radius 2 is 2.15 bits per heavy atom. The van der Waals surface area contributed by atoms with E-state index in [-0.39, 0.29) is 5.69 Å². The highest BCUT2D eigenvalue weighted by Gasteiger charge is 1.98. The number of imidazole rings is 1. The van der Waals surface area contributed by atoms with Crippen molar-refractivity contribution in [1.29, 1.82) is 0 Å². The van der Waals surface area contributed by atoms with Crippen LogP contribution in [0.25, 0.3) is 5.52 Å². The maximum Gasteiger partial charge on any atom is 0.330 e. The van der Waals surface area contributed by atoms with Gasteiger partial charge in [0.05, 0.1) is 5.52 Å². The maximum absolute atomic E-state index is 11.0. The molecule has 0 saturated heterocycles. The molecule has 0 amide bonds. The molecule has 0 atom stereocenters. The monoisotopic (exact) mass is 242 g/mol. The van der Waals surface area contributed by atoms with Crippen LogP contribution in [0.2, 0.25) is 0 Å². The number of hydrogen-bond acceptors (Lipinski definition) is 1. The third kappa shape index (κ3) is 1.83. The number of fused-ring (bicyclic) bond motifs is 1. The first-order chi connectivity index (χ1) is 6.29. The highest BCUT2D eigenvalue weighted by atomic mass is 79.9. The Kier molecular flexibility index (Phi) is 3.31. The summed E-state index contributed by atoms with van der Waals surface area (Å²) in [5, 5.41) is 0. The first-order valence-corrected chi connectivity index (χ1v) is 4.92. The van der Waals surface area contributed by atoms with Gasteiger partial charge in [0.25, 0.3) is 0 Å². The van der Waals surface area contributed by atoms with E-state index < -0.39 is 0 Å². The van der Waals surface area contributed by atoms with E-state index in [1.54, 1.807) is 16.8 Å². The first kappa shape index (κ1) is 10.1. The van der Waals surface area contributed by atoms with Crippen LogP contribution >= 0.6 is 15.9 Å². The zero-order valence-corrected chi connectivity index (χ0v) is 9.13. The lowest BCUT2D eigenvalue weighted by Gasteiger charge is -1.92. The molecule has 13 heavy (non-hydrogen) atoms. The molecule has 0 aliphatic carbocycles. The smallest absolute Gasteiger partial charge is 0.312 e. The molecule has 0 saturated carbocycles. The molecule has 70 valence electrons. The summed E-state index contributed by atoms with van der Waals surface area (Å²) in [5.74, 6) is 0. The number of pyridine rings is 1. The van der Waals surface area contributed by atoms with E-state index in [9.17, 15) is 4.79 Å². The number of nitrogens with one attached hydrogen (secondary N) is 1. The number of rotatable bonds is 0. The van der Waals surface area contributed by atoms with Gasteiger partial charge in [-0.15, -0.1) is 0 Å². The summed E-state index contributed by atoms with van der Waals surface area (Å²) in [6.45, 7) is 4.00. The molecule has 4 heteroatoms. The van der Waals surface area contributed by atoms with Crippen molar-refractivity contribution in [3.63, 3.8) is 0 Å². The molecular weight excluding hydrogens is 232 g/mol. The minimum absolute atomic E-state index is 0.110. The standard InChI is InChI=1S/C7H5BrN2O.C2H6/c8-5-2-1-3-10-6(5)4-9-7(10)11;1-2/h1-4H,(H,9,11);1-2H3. The van der Waals surface area contributed by atoms with Crippen molar-refractivity contribution >= 4 is 21.4 Å². The molecule has 0 aliphatic heterocycles. The topological polar surface area (TPSA) is 37.3 Å². The van der Waals surface area contributed by atoms with E-state index in [4.69, 9.17) is 0 Å². The van der Waals surface area contributed by atoms with Gasteiger partial charge in [-0.1, -0.05) is 13.8 Å². The number of H-pyrrole nitrogens is 1. The fraction of sp³-hybridized carbons (Fsp3) is 0.222. The normalized spacial score (nSPS) is 9.46. The van der Waals surface area contributed by atoms with Crippen LogP contribution in [0, 0.1) is 0 Å². The van der Waals surface area contributed by atoms with Crippen LogP contribution in [0.3, 0.4) is 0 Å². The van der Waals surface area contributed by atoms with Crippen molar-refractivity contribution in [2.24, 2.45) is 0 Å². The van der Waals surface area contributed by atoms with Gasteiger partial charge in [-0.05, 0) is 28.1 Å². The Labute approximate surface area is 84.5 Å². The summed E-state index contributed by atoms with van der Waals surface area (Å²) in [7, 11) is 0. The lowest BCUT2D eigenvalue weighted by Crippen LogP contribution is -2.07. The second-order valence-electron chi connectivity index (χ2n) is 2.21. The molecule has 0 bridgehead atoms. The molecule has 0 fully saturated rings. The van der Waals surface area contributed by atoms with Crippen LogP contribution in [0.1, 0.15) is 13.8 Å². The highest BCUT2D eigenvalue weighted by molar-refractivity contribution is 9.10. The predicted molar refractivity (Wildman–Crippen MR) is 57.1 cm³/mol. The minimum atomic E-state index is -0.110. The van der Waals surface area contributed by atoms with Gasteiger partial charge in [0.2, 0.25) is 0 Å². The van der Waals surface area contributed by atoms with Gasteiger partial charge in [-0.2, -0.15) is 0 Å². The summed E-state index contributed by atoms with van der Waals surface area (Å²) < 4.78 is 2.46. The van der Waals surface area contributed by atoms with Gasteiger partial charge < -0.3 is 4.98 Å². The Balaban J connectivity index is 0.000000396. The summed E-state index contributed by atoms with van der Waals surface area (Å²) in [5.41, 5.74) is 0.749. The number of nitrogens with zero attached hydrogens (tertiary/aromatic N) is 1. The fourth-order valence-corrected chi connectivity index (χ4v) is 1.47. The van der Waals surface area contributed by atoms with Gasteiger partial charge in [-0.3, -0.25) is 4.40 Å². The molecule has 2 aromatic rings. The Morgan fingerprint density at radius 3 is 2.77 bits per heavy atom. The Hall–Kier alpha value is -1.03. The molecule has 0 aliphatic rings. The molecule has 2 aromatic heterocycles. The average Bonchev–Trinajstić information content (AvgIpc) is 2.53. The van der Waals surface area contributed by atoms with Crippen LogP contribution in [0.15, 0.2) is 33.8 Å². The average molecular weight is 243 g/mol. The van der Waals surface area contributed by atoms with Crippen LogP contribution < -0.4 is 5.69 Å². The second kappa shape index (κ2) is 4.28. The molecule has 0 spiro atoms. The Bertz CT molecular complexity index is 444. The molecule has 2 heterocycles. The van der Waals surface area contributed by atoms with E-state index in [1.807, 2.05) is 26.0 Å². The number of halogens is 1. The molecule has 3 nitrogen and oxygen atoms in total. The molecule has 0 unspecified atom stereocenters.